The first-order chi connectivity index (χ1) is 6.54. The van der Waals surface area contributed by atoms with E-state index in [0.717, 1.165) is 0 Å². The quantitative estimate of drug-likeness (QED) is 0.751. The topological polar surface area (TPSA) is 57.5 Å². The van der Waals surface area contributed by atoms with Crippen LogP contribution < -0.4 is 0 Å². The molecule has 1 aromatic rings. The van der Waals surface area contributed by atoms with E-state index in [-0.39, 0.29) is 0 Å². The van der Waals surface area contributed by atoms with Crippen LogP contribution in [-0.2, 0) is 4.79 Å². The van der Waals surface area contributed by atoms with Crippen molar-refractivity contribution in [1.82, 2.24) is 0 Å². The Morgan fingerprint density at radius 2 is 2.29 bits per heavy atom. The lowest BCUT2D eigenvalue weighted by atomic mass is 9.92. The Hall–Kier alpha value is -1.13. The zero-order valence-electron chi connectivity index (χ0n) is 7.80. The van der Waals surface area contributed by atoms with Gasteiger partial charge in [-0.2, -0.15) is 11.3 Å². The summed E-state index contributed by atoms with van der Waals surface area (Å²) in [5.74, 6) is -1.97. The summed E-state index contributed by atoms with van der Waals surface area (Å²) < 4.78 is 0. The van der Waals surface area contributed by atoms with Gasteiger partial charge in [-0.3, -0.25) is 4.79 Å². The Kier molecular flexibility index (Phi) is 3.43. The molecule has 0 saturated heterocycles. The maximum Gasteiger partial charge on any atom is 0.313 e. The third kappa shape index (κ3) is 2.21. The summed E-state index contributed by atoms with van der Waals surface area (Å²) in [6.07, 6.45) is -1.00. The zero-order chi connectivity index (χ0) is 10.7. The molecule has 0 radical (unpaired) electrons. The molecule has 0 unspecified atom stereocenters. The van der Waals surface area contributed by atoms with Crippen molar-refractivity contribution >= 4 is 17.3 Å². The van der Waals surface area contributed by atoms with Gasteiger partial charge < -0.3 is 10.2 Å². The van der Waals surface area contributed by atoms with E-state index in [1.807, 2.05) is 0 Å². The number of aliphatic carboxylic acids is 1. The number of thiophene rings is 1. The molecule has 2 atom stereocenters. The first-order valence-electron chi connectivity index (χ1n) is 4.12. The number of aliphatic hydroxyl groups excluding tert-OH is 1. The number of hydrogen-bond donors (Lipinski definition) is 2. The summed E-state index contributed by atoms with van der Waals surface area (Å²) in [5.41, 5.74) is 1.08. The van der Waals surface area contributed by atoms with Gasteiger partial charge in [0.25, 0.3) is 0 Å². The minimum absolute atomic E-state index is 0.455. The first kappa shape index (κ1) is 10.9. The molecule has 0 aliphatic carbocycles. The molecule has 1 aromatic heterocycles. The largest absolute Gasteiger partial charge is 0.481 e. The number of aliphatic hydroxyl groups is 1. The highest BCUT2D eigenvalue weighted by molar-refractivity contribution is 7.07. The van der Waals surface area contributed by atoms with Crippen molar-refractivity contribution in [2.75, 3.05) is 0 Å². The van der Waals surface area contributed by atoms with E-state index in [0.29, 0.717) is 11.1 Å². The number of carboxylic acids is 1. The van der Waals surface area contributed by atoms with Crippen LogP contribution in [0.2, 0.25) is 0 Å². The maximum absolute atomic E-state index is 10.9. The molecule has 0 saturated carbocycles. The van der Waals surface area contributed by atoms with Crippen LogP contribution in [0.15, 0.2) is 29.0 Å². The van der Waals surface area contributed by atoms with Crippen LogP contribution in [0.3, 0.4) is 0 Å². The van der Waals surface area contributed by atoms with Gasteiger partial charge in [0, 0.05) is 0 Å². The van der Waals surface area contributed by atoms with Crippen LogP contribution in [0.25, 0.3) is 0 Å². The Balaban J connectivity index is 2.90. The summed E-state index contributed by atoms with van der Waals surface area (Å²) in [5, 5.41) is 22.2. The fraction of sp³-hybridized carbons (Fsp3) is 0.300. The van der Waals surface area contributed by atoms with Gasteiger partial charge in [-0.05, 0) is 29.3 Å². The van der Waals surface area contributed by atoms with E-state index in [4.69, 9.17) is 5.11 Å². The summed E-state index contributed by atoms with van der Waals surface area (Å²) in [7, 11) is 0. The summed E-state index contributed by atoms with van der Waals surface area (Å²) in [6.45, 7) is 5.18. The van der Waals surface area contributed by atoms with Crippen molar-refractivity contribution in [2.45, 2.75) is 13.0 Å². The molecule has 0 aliphatic heterocycles. The van der Waals surface area contributed by atoms with Gasteiger partial charge in [0.1, 0.15) is 5.92 Å². The number of hydrogen-bond acceptors (Lipinski definition) is 3. The molecular weight excluding hydrogens is 200 g/mol. The maximum atomic E-state index is 10.9. The average molecular weight is 212 g/mol. The van der Waals surface area contributed by atoms with Gasteiger partial charge in [0.05, 0.1) is 6.10 Å². The van der Waals surface area contributed by atoms with E-state index in [1.54, 1.807) is 23.8 Å². The van der Waals surface area contributed by atoms with Crippen LogP contribution >= 0.6 is 11.3 Å². The standard InChI is InChI=1S/C10H12O3S/c1-6(2)8(10(12)13)9(11)7-3-4-14-5-7/h3-5,8-9,11H,1H2,2H3,(H,12,13)/t8-,9-/m1/s1. The fourth-order valence-electron chi connectivity index (χ4n) is 1.25. The molecule has 0 fully saturated rings. The van der Waals surface area contributed by atoms with Crippen molar-refractivity contribution in [2.24, 2.45) is 5.92 Å². The normalized spacial score (nSPS) is 14.7. The van der Waals surface area contributed by atoms with Crippen molar-refractivity contribution in [3.63, 3.8) is 0 Å². The molecule has 1 rings (SSSR count). The van der Waals surface area contributed by atoms with Gasteiger partial charge in [0.15, 0.2) is 0 Å². The molecule has 0 amide bonds. The highest BCUT2D eigenvalue weighted by Gasteiger charge is 2.28. The van der Waals surface area contributed by atoms with E-state index in [2.05, 4.69) is 6.58 Å². The minimum atomic E-state index is -1.05. The van der Waals surface area contributed by atoms with Crippen LogP contribution in [0, 0.1) is 5.92 Å². The lowest BCUT2D eigenvalue weighted by Crippen LogP contribution is -2.22. The van der Waals surface area contributed by atoms with E-state index in [9.17, 15) is 9.90 Å². The van der Waals surface area contributed by atoms with Crippen molar-refractivity contribution in [1.29, 1.82) is 0 Å². The van der Waals surface area contributed by atoms with Gasteiger partial charge in [-0.15, -0.1) is 0 Å². The van der Waals surface area contributed by atoms with E-state index in [1.165, 1.54) is 11.3 Å². The van der Waals surface area contributed by atoms with E-state index < -0.39 is 18.0 Å². The van der Waals surface area contributed by atoms with Crippen LogP contribution in [0.5, 0.6) is 0 Å². The number of carbonyl (C=O) groups is 1. The molecule has 0 spiro atoms. The monoisotopic (exact) mass is 212 g/mol. The van der Waals surface area contributed by atoms with Crippen molar-refractivity contribution in [3.8, 4) is 0 Å². The molecule has 1 heterocycles. The molecule has 3 nitrogen and oxygen atoms in total. The number of rotatable bonds is 4. The van der Waals surface area contributed by atoms with Gasteiger partial charge >= 0.3 is 5.97 Å². The Morgan fingerprint density at radius 1 is 1.64 bits per heavy atom. The second kappa shape index (κ2) is 4.39. The zero-order valence-corrected chi connectivity index (χ0v) is 8.62. The van der Waals surface area contributed by atoms with Gasteiger partial charge in [0.2, 0.25) is 0 Å². The summed E-state index contributed by atoms with van der Waals surface area (Å²) >= 11 is 1.43. The van der Waals surface area contributed by atoms with Crippen LogP contribution in [0.1, 0.15) is 18.6 Å². The Labute approximate surface area is 86.3 Å². The first-order valence-corrected chi connectivity index (χ1v) is 5.06. The SMILES string of the molecule is C=C(C)[C@@H](C(=O)O)[C@H](O)c1ccsc1. The summed E-state index contributed by atoms with van der Waals surface area (Å²) in [4.78, 5) is 10.9. The molecule has 0 bridgehead atoms. The highest BCUT2D eigenvalue weighted by Crippen LogP contribution is 2.28. The predicted octanol–water partition coefficient (Wildman–Crippen LogP) is 2.06. The lowest BCUT2D eigenvalue weighted by molar-refractivity contribution is -0.143. The summed E-state index contributed by atoms with van der Waals surface area (Å²) in [6, 6.07) is 1.72. The molecular formula is C10H12O3S. The van der Waals surface area contributed by atoms with Crippen molar-refractivity contribution in [3.05, 3.63) is 34.5 Å². The van der Waals surface area contributed by atoms with Crippen LogP contribution in [0.4, 0.5) is 0 Å². The van der Waals surface area contributed by atoms with Gasteiger partial charge in [-0.1, -0.05) is 12.2 Å². The molecule has 0 aliphatic rings. The molecule has 14 heavy (non-hydrogen) atoms. The average Bonchev–Trinajstić information content (AvgIpc) is 2.53. The lowest BCUT2D eigenvalue weighted by Gasteiger charge is -2.18. The third-order valence-electron chi connectivity index (χ3n) is 2.00. The second-order valence-corrected chi connectivity index (χ2v) is 3.94. The molecule has 76 valence electrons. The Morgan fingerprint density at radius 3 is 2.64 bits per heavy atom. The van der Waals surface area contributed by atoms with Crippen LogP contribution in [-0.4, -0.2) is 16.2 Å². The smallest absolute Gasteiger partial charge is 0.313 e. The molecule has 0 aromatic carbocycles. The molecule has 4 heteroatoms. The predicted molar refractivity (Wildman–Crippen MR) is 55.2 cm³/mol. The second-order valence-electron chi connectivity index (χ2n) is 3.16. The fourth-order valence-corrected chi connectivity index (χ4v) is 1.94. The molecule has 2 N–H and O–H groups in total. The van der Waals surface area contributed by atoms with Gasteiger partial charge in [-0.25, -0.2) is 0 Å². The Bertz CT molecular complexity index is 315. The highest BCUT2D eigenvalue weighted by atomic mass is 32.1. The number of carboxylic acid groups (broad SMARTS) is 1. The van der Waals surface area contributed by atoms with E-state index >= 15 is 0 Å². The van der Waals surface area contributed by atoms with Crippen molar-refractivity contribution < 1.29 is 15.0 Å². The third-order valence-corrected chi connectivity index (χ3v) is 2.70. The minimum Gasteiger partial charge on any atom is -0.481 e.